The van der Waals surface area contributed by atoms with Gasteiger partial charge >= 0.3 is 0 Å². The number of nitrogens with zero attached hydrogens (tertiary/aromatic N) is 1. The van der Waals surface area contributed by atoms with Crippen molar-refractivity contribution < 1.29 is 0 Å². The second-order valence-electron chi connectivity index (χ2n) is 6.98. The summed E-state index contributed by atoms with van der Waals surface area (Å²) in [6.07, 6.45) is 10.4. The van der Waals surface area contributed by atoms with Crippen LogP contribution in [-0.4, -0.2) is 37.1 Å². The van der Waals surface area contributed by atoms with Gasteiger partial charge in [0.05, 0.1) is 0 Å². The lowest BCUT2D eigenvalue weighted by Crippen LogP contribution is -2.44. The van der Waals surface area contributed by atoms with Crippen LogP contribution in [0.2, 0.25) is 0 Å². The van der Waals surface area contributed by atoms with Crippen molar-refractivity contribution in [1.82, 2.24) is 10.2 Å². The predicted molar refractivity (Wildman–Crippen MR) is 76.7 cm³/mol. The molecule has 3 unspecified atom stereocenters. The van der Waals surface area contributed by atoms with E-state index < -0.39 is 0 Å². The minimum Gasteiger partial charge on any atom is -0.316 e. The van der Waals surface area contributed by atoms with Gasteiger partial charge in [-0.1, -0.05) is 19.8 Å². The first kappa shape index (κ1) is 12.9. The first-order valence-electron chi connectivity index (χ1n) is 8.29. The largest absolute Gasteiger partial charge is 0.316 e. The lowest BCUT2D eigenvalue weighted by atomic mass is 9.86. The molecule has 3 aliphatic rings. The summed E-state index contributed by atoms with van der Waals surface area (Å²) in [5.74, 6) is 2.88. The Morgan fingerprint density at radius 1 is 1.06 bits per heavy atom. The molecule has 1 N–H and O–H groups in total. The molecule has 2 nitrogen and oxygen atoms in total. The summed E-state index contributed by atoms with van der Waals surface area (Å²) >= 11 is 0. The van der Waals surface area contributed by atoms with Crippen molar-refractivity contribution >= 4 is 0 Å². The summed E-state index contributed by atoms with van der Waals surface area (Å²) in [5, 5.41) is 3.54. The Bertz CT molecular complexity index is 260. The van der Waals surface area contributed by atoms with E-state index in [4.69, 9.17) is 0 Å². The van der Waals surface area contributed by atoms with Crippen LogP contribution in [0.5, 0.6) is 0 Å². The molecule has 0 aromatic carbocycles. The number of likely N-dealkylation sites (tertiary alicyclic amines) is 1. The number of rotatable bonds is 3. The van der Waals surface area contributed by atoms with E-state index in [1.54, 1.807) is 0 Å². The Kier molecular flexibility index (Phi) is 4.25. The topological polar surface area (TPSA) is 15.3 Å². The molecule has 0 aromatic heterocycles. The van der Waals surface area contributed by atoms with Crippen LogP contribution in [0.1, 0.15) is 51.9 Å². The fourth-order valence-corrected chi connectivity index (χ4v) is 4.60. The molecular formula is C16H30N2. The molecule has 0 aromatic rings. The van der Waals surface area contributed by atoms with Crippen LogP contribution in [-0.2, 0) is 0 Å². The second-order valence-corrected chi connectivity index (χ2v) is 6.98. The van der Waals surface area contributed by atoms with Gasteiger partial charge in [0.1, 0.15) is 0 Å². The van der Waals surface area contributed by atoms with Gasteiger partial charge < -0.3 is 5.32 Å². The summed E-state index contributed by atoms with van der Waals surface area (Å²) in [5.41, 5.74) is 0. The molecule has 2 saturated heterocycles. The van der Waals surface area contributed by atoms with E-state index in [2.05, 4.69) is 17.1 Å². The number of nitrogens with one attached hydrogen (secondary N) is 1. The minimum atomic E-state index is 0.878. The molecule has 104 valence electrons. The Labute approximate surface area is 113 Å². The van der Waals surface area contributed by atoms with Crippen molar-refractivity contribution in [3.05, 3.63) is 0 Å². The third-order valence-electron chi connectivity index (χ3n) is 5.79. The average Bonchev–Trinajstić information content (AvgIpc) is 3.02. The highest BCUT2D eigenvalue weighted by atomic mass is 15.2. The van der Waals surface area contributed by atoms with E-state index in [0.29, 0.717) is 0 Å². The fraction of sp³-hybridized carbons (Fsp3) is 1.00. The Morgan fingerprint density at radius 2 is 1.89 bits per heavy atom. The standard InChI is InChI=1S/C16H30N2/c1-13-11-17-9-8-15(13)12-18-10-4-7-16(18)14-5-2-3-6-14/h13-17H,2-12H2,1H3. The zero-order chi connectivity index (χ0) is 12.4. The molecule has 1 aliphatic carbocycles. The molecule has 2 heteroatoms. The van der Waals surface area contributed by atoms with Gasteiger partial charge in [-0.3, -0.25) is 4.90 Å². The van der Waals surface area contributed by atoms with Gasteiger partial charge in [0.15, 0.2) is 0 Å². The molecule has 0 spiro atoms. The summed E-state index contributed by atoms with van der Waals surface area (Å²) in [7, 11) is 0. The van der Waals surface area contributed by atoms with Crippen LogP contribution in [0.25, 0.3) is 0 Å². The van der Waals surface area contributed by atoms with E-state index >= 15 is 0 Å². The second kappa shape index (κ2) is 5.92. The van der Waals surface area contributed by atoms with Crippen molar-refractivity contribution in [1.29, 1.82) is 0 Å². The Morgan fingerprint density at radius 3 is 2.67 bits per heavy atom. The van der Waals surface area contributed by atoms with Crippen molar-refractivity contribution in [2.24, 2.45) is 17.8 Å². The van der Waals surface area contributed by atoms with Crippen LogP contribution < -0.4 is 5.32 Å². The van der Waals surface area contributed by atoms with Crippen LogP contribution in [0, 0.1) is 17.8 Å². The smallest absolute Gasteiger partial charge is 0.0124 e. The van der Waals surface area contributed by atoms with Crippen molar-refractivity contribution in [3.63, 3.8) is 0 Å². The third-order valence-corrected chi connectivity index (χ3v) is 5.79. The highest BCUT2D eigenvalue weighted by molar-refractivity contribution is 4.89. The summed E-state index contributed by atoms with van der Waals surface area (Å²) < 4.78 is 0. The summed E-state index contributed by atoms with van der Waals surface area (Å²) in [6.45, 7) is 7.71. The summed E-state index contributed by atoms with van der Waals surface area (Å²) in [6, 6.07) is 0.953. The van der Waals surface area contributed by atoms with Crippen molar-refractivity contribution in [2.45, 2.75) is 57.9 Å². The van der Waals surface area contributed by atoms with E-state index in [1.807, 2.05) is 0 Å². The Hall–Kier alpha value is -0.0800. The van der Waals surface area contributed by atoms with Crippen LogP contribution in [0.15, 0.2) is 0 Å². The summed E-state index contributed by atoms with van der Waals surface area (Å²) in [4.78, 5) is 2.88. The number of hydrogen-bond donors (Lipinski definition) is 1. The molecular weight excluding hydrogens is 220 g/mol. The molecule has 3 atom stereocenters. The molecule has 0 bridgehead atoms. The maximum Gasteiger partial charge on any atom is 0.0124 e. The molecule has 18 heavy (non-hydrogen) atoms. The molecule has 3 fully saturated rings. The van der Waals surface area contributed by atoms with E-state index in [1.165, 1.54) is 71.1 Å². The molecule has 3 rings (SSSR count). The van der Waals surface area contributed by atoms with E-state index in [-0.39, 0.29) is 0 Å². The fourth-order valence-electron chi connectivity index (χ4n) is 4.60. The van der Waals surface area contributed by atoms with Crippen LogP contribution in [0.4, 0.5) is 0 Å². The molecule has 0 radical (unpaired) electrons. The monoisotopic (exact) mass is 250 g/mol. The highest BCUT2D eigenvalue weighted by Gasteiger charge is 2.35. The normalized spacial score (nSPS) is 39.5. The van der Waals surface area contributed by atoms with Crippen LogP contribution in [0.3, 0.4) is 0 Å². The highest BCUT2D eigenvalue weighted by Crippen LogP contribution is 2.36. The van der Waals surface area contributed by atoms with Gasteiger partial charge in [-0.15, -0.1) is 0 Å². The van der Waals surface area contributed by atoms with Gasteiger partial charge in [0, 0.05) is 12.6 Å². The SMILES string of the molecule is CC1CNCCC1CN1CCCC1C1CCCC1. The minimum absolute atomic E-state index is 0.878. The number of hydrogen-bond acceptors (Lipinski definition) is 2. The van der Waals surface area contributed by atoms with Gasteiger partial charge in [0.25, 0.3) is 0 Å². The first-order valence-corrected chi connectivity index (χ1v) is 8.29. The predicted octanol–water partition coefficient (Wildman–Crippen LogP) is 2.89. The van der Waals surface area contributed by atoms with Gasteiger partial charge in [0.2, 0.25) is 0 Å². The van der Waals surface area contributed by atoms with Crippen LogP contribution >= 0.6 is 0 Å². The lowest BCUT2D eigenvalue weighted by Gasteiger charge is -2.36. The molecule has 1 saturated carbocycles. The van der Waals surface area contributed by atoms with Crippen molar-refractivity contribution in [3.8, 4) is 0 Å². The lowest BCUT2D eigenvalue weighted by molar-refractivity contribution is 0.129. The maximum atomic E-state index is 3.54. The third kappa shape index (κ3) is 2.75. The molecule has 2 aliphatic heterocycles. The van der Waals surface area contributed by atoms with Gasteiger partial charge in [-0.05, 0) is 69.5 Å². The van der Waals surface area contributed by atoms with E-state index in [0.717, 1.165) is 23.8 Å². The maximum absolute atomic E-state index is 3.54. The zero-order valence-corrected chi connectivity index (χ0v) is 12.0. The zero-order valence-electron chi connectivity index (χ0n) is 12.0. The van der Waals surface area contributed by atoms with Gasteiger partial charge in [-0.2, -0.15) is 0 Å². The average molecular weight is 250 g/mol. The molecule has 2 heterocycles. The molecule has 0 amide bonds. The van der Waals surface area contributed by atoms with Gasteiger partial charge in [-0.25, -0.2) is 0 Å². The van der Waals surface area contributed by atoms with Crippen molar-refractivity contribution in [2.75, 3.05) is 26.2 Å². The Balaban J connectivity index is 1.56. The quantitative estimate of drug-likeness (QED) is 0.828. The first-order chi connectivity index (χ1) is 8.84. The van der Waals surface area contributed by atoms with E-state index in [9.17, 15) is 0 Å². The number of piperidine rings is 1.